The van der Waals surface area contributed by atoms with E-state index in [1.807, 2.05) is 12.1 Å². The molecule has 2 atom stereocenters. The van der Waals surface area contributed by atoms with E-state index < -0.39 is 0 Å². The molecule has 0 heterocycles. The highest BCUT2D eigenvalue weighted by Crippen LogP contribution is 2.42. The molecule has 1 aromatic carbocycles. The highest BCUT2D eigenvalue weighted by Gasteiger charge is 2.36. The summed E-state index contributed by atoms with van der Waals surface area (Å²) in [5, 5.41) is 6.63. The first kappa shape index (κ1) is 14.4. The number of rotatable bonds is 4. The fourth-order valence-corrected chi connectivity index (χ4v) is 3.54. The molecule has 2 aliphatic rings. The van der Waals surface area contributed by atoms with E-state index in [0.29, 0.717) is 17.4 Å². The van der Waals surface area contributed by atoms with E-state index in [9.17, 15) is 4.79 Å². The van der Waals surface area contributed by atoms with Crippen molar-refractivity contribution in [2.24, 2.45) is 17.3 Å². The van der Waals surface area contributed by atoms with E-state index in [2.05, 4.69) is 43.5 Å². The van der Waals surface area contributed by atoms with Crippen molar-refractivity contribution in [3.05, 3.63) is 24.3 Å². The third-order valence-corrected chi connectivity index (χ3v) is 4.79. The molecular formula is C18H26N2O. The van der Waals surface area contributed by atoms with Gasteiger partial charge < -0.3 is 10.6 Å². The monoisotopic (exact) mass is 286 g/mol. The van der Waals surface area contributed by atoms with Crippen LogP contribution in [0.2, 0.25) is 0 Å². The molecule has 2 unspecified atom stereocenters. The van der Waals surface area contributed by atoms with E-state index in [1.165, 1.54) is 12.8 Å². The minimum absolute atomic E-state index is 0.168. The lowest BCUT2D eigenvalue weighted by molar-refractivity contribution is -0.117. The Hall–Kier alpha value is -1.51. The first-order chi connectivity index (χ1) is 9.93. The van der Waals surface area contributed by atoms with Crippen LogP contribution in [0, 0.1) is 17.3 Å². The molecular weight excluding hydrogens is 260 g/mol. The molecule has 0 radical (unpaired) electrons. The molecule has 0 saturated heterocycles. The summed E-state index contributed by atoms with van der Waals surface area (Å²) in [7, 11) is 0. The van der Waals surface area contributed by atoms with Crippen molar-refractivity contribution >= 4 is 17.3 Å². The zero-order valence-corrected chi connectivity index (χ0v) is 13.3. The van der Waals surface area contributed by atoms with Crippen LogP contribution in [0.5, 0.6) is 0 Å². The third-order valence-electron chi connectivity index (χ3n) is 4.79. The van der Waals surface area contributed by atoms with Crippen LogP contribution in [0.1, 0.15) is 46.5 Å². The molecule has 2 fully saturated rings. The second-order valence-electron chi connectivity index (χ2n) is 7.64. The van der Waals surface area contributed by atoms with Gasteiger partial charge in [0.15, 0.2) is 0 Å². The van der Waals surface area contributed by atoms with Crippen molar-refractivity contribution in [3.8, 4) is 0 Å². The number of nitrogens with one attached hydrogen (secondary N) is 2. The predicted octanol–water partition coefficient (Wildman–Crippen LogP) is 4.27. The van der Waals surface area contributed by atoms with Crippen LogP contribution in [0.15, 0.2) is 24.3 Å². The summed E-state index contributed by atoms with van der Waals surface area (Å²) >= 11 is 0. The Balaban J connectivity index is 1.58. The van der Waals surface area contributed by atoms with Gasteiger partial charge in [-0.15, -0.1) is 0 Å². The van der Waals surface area contributed by atoms with Crippen LogP contribution in [0.3, 0.4) is 0 Å². The number of hydrogen-bond acceptors (Lipinski definition) is 2. The maximum Gasteiger partial charge on any atom is 0.227 e. The normalized spacial score (nSPS) is 27.4. The molecule has 114 valence electrons. The van der Waals surface area contributed by atoms with Crippen molar-refractivity contribution in [1.82, 2.24) is 0 Å². The largest absolute Gasteiger partial charge is 0.382 e. The summed E-state index contributed by atoms with van der Waals surface area (Å²) in [5.41, 5.74) is 2.49. The Kier molecular flexibility index (Phi) is 3.68. The minimum Gasteiger partial charge on any atom is -0.382 e. The van der Waals surface area contributed by atoms with Gasteiger partial charge in [-0.3, -0.25) is 4.79 Å². The SMILES string of the molecule is CC1CC(C)(C)CC1Nc1ccc(NC(=O)C2CC2)cc1. The number of carbonyl (C=O) groups excluding carboxylic acids is 1. The topological polar surface area (TPSA) is 41.1 Å². The molecule has 1 amide bonds. The lowest BCUT2D eigenvalue weighted by atomic mass is 9.91. The van der Waals surface area contributed by atoms with Gasteiger partial charge in [0.2, 0.25) is 5.91 Å². The minimum atomic E-state index is 0.168. The van der Waals surface area contributed by atoms with Gasteiger partial charge in [-0.2, -0.15) is 0 Å². The van der Waals surface area contributed by atoms with Crippen LogP contribution >= 0.6 is 0 Å². The first-order valence-electron chi connectivity index (χ1n) is 8.10. The van der Waals surface area contributed by atoms with E-state index in [4.69, 9.17) is 0 Å². The number of carbonyl (C=O) groups is 1. The number of hydrogen-bond donors (Lipinski definition) is 2. The maximum atomic E-state index is 11.7. The average Bonchev–Trinajstić information content (AvgIpc) is 3.20. The van der Waals surface area contributed by atoms with Gasteiger partial charge in [-0.1, -0.05) is 20.8 Å². The number of amides is 1. The van der Waals surface area contributed by atoms with Crippen LogP contribution in [-0.4, -0.2) is 11.9 Å². The van der Waals surface area contributed by atoms with Gasteiger partial charge in [0.25, 0.3) is 0 Å². The maximum absolute atomic E-state index is 11.7. The van der Waals surface area contributed by atoms with Crippen molar-refractivity contribution in [2.75, 3.05) is 10.6 Å². The highest BCUT2D eigenvalue weighted by molar-refractivity contribution is 5.94. The first-order valence-corrected chi connectivity index (χ1v) is 8.10. The van der Waals surface area contributed by atoms with Gasteiger partial charge >= 0.3 is 0 Å². The van der Waals surface area contributed by atoms with E-state index in [-0.39, 0.29) is 11.8 Å². The molecule has 0 aliphatic heterocycles. The summed E-state index contributed by atoms with van der Waals surface area (Å²) < 4.78 is 0. The van der Waals surface area contributed by atoms with Crippen LogP contribution < -0.4 is 10.6 Å². The lowest BCUT2D eigenvalue weighted by Crippen LogP contribution is -2.22. The second-order valence-corrected chi connectivity index (χ2v) is 7.64. The molecule has 2 N–H and O–H groups in total. The predicted molar refractivity (Wildman–Crippen MR) is 87.4 cm³/mol. The summed E-state index contributed by atoms with van der Waals surface area (Å²) in [4.78, 5) is 11.7. The molecule has 3 rings (SSSR count). The Morgan fingerprint density at radius 2 is 1.71 bits per heavy atom. The third kappa shape index (κ3) is 3.58. The smallest absolute Gasteiger partial charge is 0.227 e. The summed E-state index contributed by atoms with van der Waals surface area (Å²) in [6.45, 7) is 7.03. The number of anilines is 2. The second kappa shape index (κ2) is 5.36. The molecule has 21 heavy (non-hydrogen) atoms. The molecule has 0 spiro atoms. The van der Waals surface area contributed by atoms with Gasteiger partial charge in [0, 0.05) is 23.3 Å². The molecule has 3 heteroatoms. The summed E-state index contributed by atoms with van der Waals surface area (Å²) in [5.74, 6) is 1.13. The van der Waals surface area contributed by atoms with Crippen molar-refractivity contribution < 1.29 is 4.79 Å². The molecule has 3 nitrogen and oxygen atoms in total. The summed E-state index contributed by atoms with van der Waals surface area (Å²) in [6, 6.07) is 8.67. The summed E-state index contributed by atoms with van der Waals surface area (Å²) in [6.07, 6.45) is 4.58. The van der Waals surface area contributed by atoms with Crippen LogP contribution in [0.25, 0.3) is 0 Å². The van der Waals surface area contributed by atoms with E-state index in [1.54, 1.807) is 0 Å². The Labute approximate surface area is 127 Å². The van der Waals surface area contributed by atoms with E-state index >= 15 is 0 Å². The van der Waals surface area contributed by atoms with Crippen molar-refractivity contribution in [2.45, 2.75) is 52.5 Å². The number of benzene rings is 1. The van der Waals surface area contributed by atoms with E-state index in [0.717, 1.165) is 24.2 Å². The Bertz CT molecular complexity index is 517. The highest BCUT2D eigenvalue weighted by atomic mass is 16.2. The fourth-order valence-electron chi connectivity index (χ4n) is 3.54. The zero-order chi connectivity index (χ0) is 15.0. The van der Waals surface area contributed by atoms with Crippen molar-refractivity contribution in [1.29, 1.82) is 0 Å². The molecule has 2 saturated carbocycles. The Morgan fingerprint density at radius 3 is 2.24 bits per heavy atom. The van der Waals surface area contributed by atoms with Gasteiger partial charge in [0.05, 0.1) is 0 Å². The van der Waals surface area contributed by atoms with Gasteiger partial charge in [-0.05, 0) is 61.3 Å². The van der Waals surface area contributed by atoms with Gasteiger partial charge in [0.1, 0.15) is 0 Å². The quantitative estimate of drug-likeness (QED) is 0.867. The molecule has 1 aromatic rings. The fraction of sp³-hybridized carbons (Fsp3) is 0.611. The Morgan fingerprint density at radius 1 is 1.10 bits per heavy atom. The standard InChI is InChI=1S/C18H26N2O/c1-12-10-18(2,3)11-16(12)19-14-6-8-15(9-7-14)20-17(21)13-4-5-13/h6-9,12-13,16,19H,4-5,10-11H2,1-3H3,(H,20,21). The van der Waals surface area contributed by atoms with Gasteiger partial charge in [-0.25, -0.2) is 0 Å². The van der Waals surface area contributed by atoms with Crippen LogP contribution in [-0.2, 0) is 4.79 Å². The van der Waals surface area contributed by atoms with Crippen molar-refractivity contribution in [3.63, 3.8) is 0 Å². The average molecular weight is 286 g/mol. The van der Waals surface area contributed by atoms with Crippen LogP contribution in [0.4, 0.5) is 11.4 Å². The molecule has 0 aromatic heterocycles. The molecule has 2 aliphatic carbocycles. The molecule has 0 bridgehead atoms. The lowest BCUT2D eigenvalue weighted by Gasteiger charge is -2.20. The zero-order valence-electron chi connectivity index (χ0n) is 13.3.